The van der Waals surface area contributed by atoms with Gasteiger partial charge in [0.25, 0.3) is 10.0 Å². The number of piperazine rings is 1. The smallest absolute Gasteiger partial charge is 0.262 e. The molecule has 1 fully saturated rings. The van der Waals surface area contributed by atoms with Crippen LogP contribution in [0.1, 0.15) is 30.3 Å². The average Bonchev–Trinajstić information content (AvgIpc) is 3.07. The molecule has 0 saturated carbocycles. The molecule has 0 bridgehead atoms. The van der Waals surface area contributed by atoms with Crippen molar-refractivity contribution >= 4 is 10.0 Å². The first-order valence-corrected chi connectivity index (χ1v) is 9.79. The number of hydrogen-bond acceptors (Lipinski definition) is 5. The van der Waals surface area contributed by atoms with Gasteiger partial charge >= 0.3 is 0 Å². The molecule has 2 aromatic rings. The lowest BCUT2D eigenvalue weighted by Gasteiger charge is -2.34. The van der Waals surface area contributed by atoms with Gasteiger partial charge in [-0.3, -0.25) is 4.98 Å². The summed E-state index contributed by atoms with van der Waals surface area (Å²) in [5.74, 6) is 0.882. The predicted molar refractivity (Wildman–Crippen MR) is 88.9 cm³/mol. The number of aryl methyl sites for hydroxylation is 2. The number of hydrogen-bond donors (Lipinski definition) is 1. The van der Waals surface area contributed by atoms with Crippen molar-refractivity contribution in [1.82, 2.24) is 24.2 Å². The molecule has 8 heteroatoms. The van der Waals surface area contributed by atoms with Crippen LogP contribution in [0.15, 0.2) is 35.7 Å². The molecule has 0 spiro atoms. The zero-order chi connectivity index (χ0) is 16.6. The van der Waals surface area contributed by atoms with Crippen LogP contribution in [-0.4, -0.2) is 46.9 Å². The fourth-order valence-electron chi connectivity index (χ4n) is 3.46. The van der Waals surface area contributed by atoms with E-state index in [4.69, 9.17) is 0 Å². The van der Waals surface area contributed by atoms with Crippen LogP contribution in [0.4, 0.5) is 0 Å². The van der Waals surface area contributed by atoms with E-state index in [0.29, 0.717) is 19.6 Å². The summed E-state index contributed by atoms with van der Waals surface area (Å²) in [6.45, 7) is 2.51. The van der Waals surface area contributed by atoms with Gasteiger partial charge in [0.1, 0.15) is 5.82 Å². The van der Waals surface area contributed by atoms with E-state index in [2.05, 4.69) is 15.3 Å². The third kappa shape index (κ3) is 2.74. The summed E-state index contributed by atoms with van der Waals surface area (Å²) < 4.78 is 29.9. The Balaban J connectivity index is 1.70. The van der Waals surface area contributed by atoms with Crippen molar-refractivity contribution in [2.75, 3.05) is 19.6 Å². The molecule has 0 aliphatic carbocycles. The highest BCUT2D eigenvalue weighted by atomic mass is 32.2. The van der Waals surface area contributed by atoms with Gasteiger partial charge in [-0.2, -0.15) is 4.31 Å². The standard InChI is InChI=1S/C16H21N5O2S/c22-24(23,16-12-20-8-2-1-5-15(20)19-16)21-9-7-18-11-14(21)13-4-3-6-17-10-13/h3-4,6,10,12,14,18H,1-2,5,7-9,11H2. The van der Waals surface area contributed by atoms with E-state index in [-0.39, 0.29) is 11.1 Å². The highest BCUT2D eigenvalue weighted by Gasteiger charge is 2.36. The minimum Gasteiger partial charge on any atom is -0.333 e. The second-order valence-electron chi connectivity index (χ2n) is 6.27. The largest absolute Gasteiger partial charge is 0.333 e. The van der Waals surface area contributed by atoms with E-state index in [9.17, 15) is 8.42 Å². The normalized spacial score (nSPS) is 22.2. The van der Waals surface area contributed by atoms with Crippen LogP contribution < -0.4 is 5.32 Å². The van der Waals surface area contributed by atoms with E-state index >= 15 is 0 Å². The Bertz CT molecular complexity index is 795. The summed E-state index contributed by atoms with van der Waals surface area (Å²) in [7, 11) is -3.62. The van der Waals surface area contributed by atoms with Gasteiger partial charge in [-0.15, -0.1) is 0 Å². The fourth-order valence-corrected chi connectivity index (χ4v) is 5.05. The van der Waals surface area contributed by atoms with Gasteiger partial charge in [-0.05, 0) is 24.5 Å². The first-order chi connectivity index (χ1) is 11.7. The molecule has 4 rings (SSSR count). The summed E-state index contributed by atoms with van der Waals surface area (Å²) in [5.41, 5.74) is 0.900. The zero-order valence-corrected chi connectivity index (χ0v) is 14.2. The summed E-state index contributed by atoms with van der Waals surface area (Å²) in [6.07, 6.45) is 8.13. The lowest BCUT2D eigenvalue weighted by molar-refractivity contribution is 0.270. The van der Waals surface area contributed by atoms with Crippen LogP contribution >= 0.6 is 0 Å². The minimum absolute atomic E-state index is 0.176. The van der Waals surface area contributed by atoms with Crippen LogP contribution in [0.3, 0.4) is 0 Å². The highest BCUT2D eigenvalue weighted by molar-refractivity contribution is 7.89. The van der Waals surface area contributed by atoms with E-state index in [0.717, 1.165) is 37.2 Å². The Morgan fingerprint density at radius 2 is 2.17 bits per heavy atom. The number of nitrogens with zero attached hydrogens (tertiary/aromatic N) is 4. The van der Waals surface area contributed by atoms with Crippen LogP contribution in [-0.2, 0) is 23.0 Å². The SMILES string of the molecule is O=S(=O)(c1cn2c(n1)CCCC2)N1CCNCC1c1cccnc1. The Kier molecular flexibility index (Phi) is 4.11. The van der Waals surface area contributed by atoms with Crippen LogP contribution in [0, 0.1) is 0 Å². The Morgan fingerprint density at radius 3 is 2.96 bits per heavy atom. The number of rotatable bonds is 3. The van der Waals surface area contributed by atoms with E-state index < -0.39 is 10.0 Å². The third-order valence-corrected chi connectivity index (χ3v) is 6.50. The number of nitrogens with one attached hydrogen (secondary N) is 1. The van der Waals surface area contributed by atoms with Crippen LogP contribution in [0.25, 0.3) is 0 Å². The number of fused-ring (bicyclic) bond motifs is 1. The molecule has 1 saturated heterocycles. The first kappa shape index (κ1) is 15.7. The lowest BCUT2D eigenvalue weighted by Crippen LogP contribution is -2.48. The van der Waals surface area contributed by atoms with E-state index in [1.54, 1.807) is 22.9 Å². The molecule has 2 aliphatic rings. The van der Waals surface area contributed by atoms with Gasteiger partial charge in [0.2, 0.25) is 0 Å². The monoisotopic (exact) mass is 347 g/mol. The lowest BCUT2D eigenvalue weighted by atomic mass is 10.1. The van der Waals surface area contributed by atoms with E-state index in [1.165, 1.54) is 0 Å². The molecule has 128 valence electrons. The first-order valence-electron chi connectivity index (χ1n) is 8.35. The third-order valence-electron chi connectivity index (χ3n) is 4.72. The molecule has 7 nitrogen and oxygen atoms in total. The van der Waals surface area contributed by atoms with Gasteiger partial charge in [-0.25, -0.2) is 13.4 Å². The van der Waals surface area contributed by atoms with Crippen molar-refractivity contribution in [3.63, 3.8) is 0 Å². The molecule has 24 heavy (non-hydrogen) atoms. The van der Waals surface area contributed by atoms with Crippen molar-refractivity contribution in [2.24, 2.45) is 0 Å². The quantitative estimate of drug-likeness (QED) is 0.894. The molecule has 2 aliphatic heterocycles. The van der Waals surface area contributed by atoms with Gasteiger partial charge in [0.15, 0.2) is 5.03 Å². The van der Waals surface area contributed by atoms with Crippen molar-refractivity contribution in [2.45, 2.75) is 36.9 Å². The second kappa shape index (κ2) is 6.27. The van der Waals surface area contributed by atoms with Crippen LogP contribution in [0.5, 0.6) is 0 Å². The summed E-state index contributed by atoms with van der Waals surface area (Å²) in [6, 6.07) is 3.51. The molecule has 1 atom stereocenters. The number of aromatic nitrogens is 3. The molecular formula is C16H21N5O2S. The predicted octanol–water partition coefficient (Wildman–Crippen LogP) is 0.950. The van der Waals surface area contributed by atoms with Gasteiger partial charge in [0.05, 0.1) is 6.04 Å². The summed E-state index contributed by atoms with van der Waals surface area (Å²) in [5, 5.41) is 3.45. The Hall–Kier alpha value is -1.77. The zero-order valence-electron chi connectivity index (χ0n) is 13.4. The Morgan fingerprint density at radius 1 is 1.25 bits per heavy atom. The molecule has 2 aromatic heterocycles. The van der Waals surface area contributed by atoms with Gasteiger partial charge in [-0.1, -0.05) is 6.07 Å². The number of imidazole rings is 1. The summed E-state index contributed by atoms with van der Waals surface area (Å²) in [4.78, 5) is 8.56. The molecule has 1 unspecified atom stereocenters. The number of sulfonamides is 1. The molecule has 1 N–H and O–H groups in total. The maximum atomic E-state index is 13.2. The Labute approximate surface area is 141 Å². The maximum Gasteiger partial charge on any atom is 0.262 e. The summed E-state index contributed by atoms with van der Waals surface area (Å²) >= 11 is 0. The molecule has 4 heterocycles. The number of pyridine rings is 1. The highest BCUT2D eigenvalue weighted by Crippen LogP contribution is 2.29. The second-order valence-corrected chi connectivity index (χ2v) is 8.11. The molecule has 0 amide bonds. The van der Waals surface area contributed by atoms with Crippen molar-refractivity contribution < 1.29 is 8.42 Å². The maximum absolute atomic E-state index is 13.2. The minimum atomic E-state index is -3.62. The molecule has 0 aromatic carbocycles. The molecule has 0 radical (unpaired) electrons. The molecular weight excluding hydrogens is 326 g/mol. The van der Waals surface area contributed by atoms with Crippen LogP contribution in [0.2, 0.25) is 0 Å². The average molecular weight is 347 g/mol. The van der Waals surface area contributed by atoms with Gasteiger partial charge < -0.3 is 9.88 Å². The topological polar surface area (TPSA) is 80.1 Å². The van der Waals surface area contributed by atoms with Gasteiger partial charge in [0, 0.05) is 51.2 Å². The van der Waals surface area contributed by atoms with Crippen molar-refractivity contribution in [1.29, 1.82) is 0 Å². The van der Waals surface area contributed by atoms with Crippen molar-refractivity contribution in [3.8, 4) is 0 Å². The fraction of sp³-hybridized carbons (Fsp3) is 0.500. The van der Waals surface area contributed by atoms with E-state index in [1.807, 2.05) is 16.7 Å². The van der Waals surface area contributed by atoms with Crippen molar-refractivity contribution in [3.05, 3.63) is 42.1 Å².